The molecule has 0 bridgehead atoms. The second kappa shape index (κ2) is 10.2. The smallest absolute Gasteiger partial charge is 0.261 e. The molecule has 0 aromatic heterocycles. The summed E-state index contributed by atoms with van der Waals surface area (Å²) >= 11 is 0. The van der Waals surface area contributed by atoms with Crippen molar-refractivity contribution in [2.75, 3.05) is 20.3 Å². The van der Waals surface area contributed by atoms with Gasteiger partial charge in [-0.25, -0.2) is 0 Å². The molecule has 2 atom stereocenters. The minimum absolute atomic E-state index is 0.00955. The fourth-order valence-electron chi connectivity index (χ4n) is 4.64. The van der Waals surface area contributed by atoms with Crippen molar-refractivity contribution in [1.29, 1.82) is 0 Å². The van der Waals surface area contributed by atoms with Gasteiger partial charge in [0.15, 0.2) is 6.29 Å². The first-order valence-electron chi connectivity index (χ1n) is 11.6. The fourth-order valence-corrected chi connectivity index (χ4v) is 9.22. The Morgan fingerprint density at radius 3 is 1.94 bits per heavy atom. The summed E-state index contributed by atoms with van der Waals surface area (Å²) in [5.74, 6) is 0.826. The third-order valence-electron chi connectivity index (χ3n) is 6.31. The van der Waals surface area contributed by atoms with Crippen molar-refractivity contribution in [2.45, 2.75) is 44.6 Å². The minimum Gasteiger partial charge on any atom is -0.497 e. The SMILES string of the molecule is COc1ccc(C2OCC(CCO[Si](c3ccccc3)(c3ccccc3)C(C)(C)C)O2)cc1. The van der Waals surface area contributed by atoms with Gasteiger partial charge in [0.1, 0.15) is 5.75 Å². The van der Waals surface area contributed by atoms with Crippen LogP contribution in [0.3, 0.4) is 0 Å². The molecule has 1 heterocycles. The van der Waals surface area contributed by atoms with Crippen molar-refractivity contribution in [1.82, 2.24) is 0 Å². The van der Waals surface area contributed by atoms with Gasteiger partial charge in [0.25, 0.3) is 8.32 Å². The predicted molar refractivity (Wildman–Crippen MR) is 135 cm³/mol. The van der Waals surface area contributed by atoms with E-state index in [0.29, 0.717) is 13.2 Å². The van der Waals surface area contributed by atoms with Gasteiger partial charge in [-0.1, -0.05) is 93.6 Å². The molecular weight excluding hydrogens is 428 g/mol. The summed E-state index contributed by atoms with van der Waals surface area (Å²) in [6, 6.07) is 29.3. The molecule has 0 spiro atoms. The molecule has 3 aromatic rings. The van der Waals surface area contributed by atoms with E-state index < -0.39 is 8.32 Å². The van der Waals surface area contributed by atoms with Crippen LogP contribution in [0.4, 0.5) is 0 Å². The van der Waals surface area contributed by atoms with Crippen molar-refractivity contribution < 1.29 is 18.6 Å². The van der Waals surface area contributed by atoms with Gasteiger partial charge in [0, 0.05) is 12.2 Å². The van der Waals surface area contributed by atoms with Crippen LogP contribution >= 0.6 is 0 Å². The van der Waals surface area contributed by atoms with Crippen LogP contribution in [0.1, 0.15) is 39.0 Å². The van der Waals surface area contributed by atoms with Gasteiger partial charge in [-0.05, 0) is 34.0 Å². The van der Waals surface area contributed by atoms with Crippen LogP contribution in [-0.4, -0.2) is 34.7 Å². The third kappa shape index (κ3) is 5.07. The highest BCUT2D eigenvalue weighted by Crippen LogP contribution is 2.37. The van der Waals surface area contributed by atoms with Gasteiger partial charge in [-0.3, -0.25) is 0 Å². The van der Waals surface area contributed by atoms with Crippen LogP contribution in [0, 0.1) is 0 Å². The standard InChI is InChI=1S/C28H34O4Si/c1-28(2,3)33(25-11-7-5-8-12-25,26-13-9-6-10-14-26)31-20-19-24-21-30-27(32-24)22-15-17-23(29-4)18-16-22/h5-18,24,27H,19-21H2,1-4H3. The molecule has 2 unspecified atom stereocenters. The molecule has 0 N–H and O–H groups in total. The van der Waals surface area contributed by atoms with Crippen molar-refractivity contribution in [3.05, 3.63) is 90.5 Å². The number of methoxy groups -OCH3 is 1. The molecule has 4 nitrogen and oxygen atoms in total. The lowest BCUT2D eigenvalue weighted by Crippen LogP contribution is -2.66. The third-order valence-corrected chi connectivity index (χ3v) is 11.4. The van der Waals surface area contributed by atoms with Crippen molar-refractivity contribution in [3.63, 3.8) is 0 Å². The molecule has 0 radical (unpaired) electrons. The van der Waals surface area contributed by atoms with Crippen LogP contribution in [0.5, 0.6) is 5.75 Å². The molecule has 3 aromatic carbocycles. The number of ether oxygens (including phenoxy) is 3. The Balaban J connectivity index is 1.49. The summed E-state index contributed by atoms with van der Waals surface area (Å²) in [6.07, 6.45) is 0.459. The van der Waals surface area contributed by atoms with E-state index in [0.717, 1.165) is 17.7 Å². The van der Waals surface area contributed by atoms with Crippen LogP contribution in [0.25, 0.3) is 0 Å². The largest absolute Gasteiger partial charge is 0.497 e. The van der Waals surface area contributed by atoms with E-state index in [-0.39, 0.29) is 17.4 Å². The molecule has 5 heteroatoms. The number of hydrogen-bond donors (Lipinski definition) is 0. The van der Waals surface area contributed by atoms with Crippen molar-refractivity contribution >= 4 is 18.7 Å². The maximum Gasteiger partial charge on any atom is 0.261 e. The summed E-state index contributed by atoms with van der Waals surface area (Å²) in [4.78, 5) is 0. The normalized spacial score (nSPS) is 18.9. The molecule has 0 amide bonds. The zero-order valence-corrected chi connectivity index (χ0v) is 21.0. The van der Waals surface area contributed by atoms with Gasteiger partial charge in [0.2, 0.25) is 0 Å². The van der Waals surface area contributed by atoms with Crippen LogP contribution in [0.15, 0.2) is 84.9 Å². The Hall–Kier alpha value is -2.44. The number of rotatable bonds is 8. The fraction of sp³-hybridized carbons (Fsp3) is 0.357. The van der Waals surface area contributed by atoms with Gasteiger partial charge < -0.3 is 18.6 Å². The van der Waals surface area contributed by atoms with Crippen LogP contribution in [0.2, 0.25) is 5.04 Å². The van der Waals surface area contributed by atoms with Crippen molar-refractivity contribution in [3.8, 4) is 5.75 Å². The Morgan fingerprint density at radius 1 is 0.848 bits per heavy atom. The highest BCUT2D eigenvalue weighted by molar-refractivity contribution is 6.99. The molecule has 174 valence electrons. The van der Waals surface area contributed by atoms with Gasteiger partial charge in [-0.15, -0.1) is 0 Å². The van der Waals surface area contributed by atoms with E-state index in [9.17, 15) is 0 Å². The zero-order chi connectivity index (χ0) is 23.3. The van der Waals surface area contributed by atoms with E-state index >= 15 is 0 Å². The molecule has 4 rings (SSSR count). The summed E-state index contributed by atoms with van der Waals surface area (Å²) < 4.78 is 24.4. The molecule has 33 heavy (non-hydrogen) atoms. The average Bonchev–Trinajstić information content (AvgIpc) is 3.31. The molecular formula is C28H34O4Si. The summed E-state index contributed by atoms with van der Waals surface area (Å²) in [7, 11) is -0.857. The molecule has 1 aliphatic heterocycles. The van der Waals surface area contributed by atoms with Crippen LogP contribution in [-0.2, 0) is 13.9 Å². The van der Waals surface area contributed by atoms with Gasteiger partial charge >= 0.3 is 0 Å². The monoisotopic (exact) mass is 462 g/mol. The zero-order valence-electron chi connectivity index (χ0n) is 20.0. The molecule has 1 fully saturated rings. The quantitative estimate of drug-likeness (QED) is 0.438. The average molecular weight is 463 g/mol. The van der Waals surface area contributed by atoms with Gasteiger partial charge in [-0.2, -0.15) is 0 Å². The maximum atomic E-state index is 6.99. The van der Waals surface area contributed by atoms with E-state index in [1.165, 1.54) is 10.4 Å². The Labute approximate surface area is 198 Å². The lowest BCUT2D eigenvalue weighted by molar-refractivity contribution is -0.0625. The lowest BCUT2D eigenvalue weighted by atomic mass is 10.2. The van der Waals surface area contributed by atoms with E-state index in [1.807, 2.05) is 24.3 Å². The molecule has 1 saturated heterocycles. The minimum atomic E-state index is -2.52. The Kier molecular flexibility index (Phi) is 7.34. The molecule has 0 aliphatic carbocycles. The first kappa shape index (κ1) is 23.7. The number of hydrogen-bond acceptors (Lipinski definition) is 4. The van der Waals surface area contributed by atoms with Gasteiger partial charge in [0.05, 0.1) is 19.8 Å². The highest BCUT2D eigenvalue weighted by Gasteiger charge is 2.50. The summed E-state index contributed by atoms with van der Waals surface area (Å²) in [5.41, 5.74) is 1.01. The highest BCUT2D eigenvalue weighted by atomic mass is 28.4. The van der Waals surface area contributed by atoms with Crippen molar-refractivity contribution in [2.24, 2.45) is 0 Å². The second-order valence-corrected chi connectivity index (χ2v) is 13.8. The first-order chi connectivity index (χ1) is 15.9. The summed E-state index contributed by atoms with van der Waals surface area (Å²) in [5, 5.41) is 2.56. The topological polar surface area (TPSA) is 36.9 Å². The van der Waals surface area contributed by atoms with E-state index in [4.69, 9.17) is 18.6 Å². The lowest BCUT2D eigenvalue weighted by Gasteiger charge is -2.43. The molecule has 1 aliphatic rings. The van der Waals surface area contributed by atoms with Crippen LogP contribution < -0.4 is 15.1 Å². The number of benzene rings is 3. The summed E-state index contributed by atoms with van der Waals surface area (Å²) in [6.45, 7) is 8.09. The van der Waals surface area contributed by atoms with E-state index in [2.05, 4.69) is 81.4 Å². The predicted octanol–water partition coefficient (Wildman–Crippen LogP) is 5.08. The molecule has 0 saturated carbocycles. The van der Waals surface area contributed by atoms with E-state index in [1.54, 1.807) is 7.11 Å². The Bertz CT molecular complexity index is 960. The first-order valence-corrected chi connectivity index (χ1v) is 13.5. The maximum absolute atomic E-state index is 6.99. The second-order valence-electron chi connectivity index (χ2n) is 9.50. The Morgan fingerprint density at radius 2 is 1.42 bits per heavy atom.